The summed E-state index contributed by atoms with van der Waals surface area (Å²) in [7, 11) is 0. The smallest absolute Gasteiger partial charge is 0.337 e. The third-order valence-corrected chi connectivity index (χ3v) is 3.70. The van der Waals surface area contributed by atoms with Crippen molar-refractivity contribution >= 4 is 57.5 Å². The maximum absolute atomic E-state index is 11.1. The summed E-state index contributed by atoms with van der Waals surface area (Å²) in [4.78, 5) is 15.1. The molecule has 0 bridgehead atoms. The largest absolute Gasteiger partial charge is 0.478 e. The van der Waals surface area contributed by atoms with Gasteiger partial charge in [0.25, 0.3) is 0 Å². The number of hydrogen-bond donors (Lipinski definition) is 3. The first kappa shape index (κ1) is 13.5. The van der Waals surface area contributed by atoms with Gasteiger partial charge in [-0.05, 0) is 18.2 Å². The average Bonchev–Trinajstić information content (AvgIpc) is 2.92. The second-order valence-electron chi connectivity index (χ2n) is 4.11. The molecule has 3 rings (SSSR count). The number of pyridine rings is 1. The van der Waals surface area contributed by atoms with E-state index in [1.54, 1.807) is 12.1 Å². The summed E-state index contributed by atoms with van der Waals surface area (Å²) < 4.78 is 8.28. The molecule has 0 aliphatic heterocycles. The highest BCUT2D eigenvalue weighted by molar-refractivity contribution is 7.00. The van der Waals surface area contributed by atoms with Crippen LogP contribution in [-0.2, 0) is 0 Å². The van der Waals surface area contributed by atoms with Crippen molar-refractivity contribution in [3.8, 4) is 0 Å². The standard InChI is InChI=1S/C12H8ClN5O2S/c13-6-1-2-7-10(18-21-17-7)9(6)16-11-8(14)5(12(19)20)3-4-15-11/h1-4H,14H2,(H,15,16)(H,19,20). The molecule has 0 amide bonds. The molecule has 0 saturated heterocycles. The van der Waals surface area contributed by atoms with Gasteiger partial charge in [0.05, 0.1) is 33.7 Å². The van der Waals surface area contributed by atoms with E-state index >= 15 is 0 Å². The van der Waals surface area contributed by atoms with Gasteiger partial charge in [-0.25, -0.2) is 9.78 Å². The summed E-state index contributed by atoms with van der Waals surface area (Å²) in [6.45, 7) is 0. The summed E-state index contributed by atoms with van der Waals surface area (Å²) in [5.74, 6) is -0.921. The van der Waals surface area contributed by atoms with Crippen LogP contribution in [0.1, 0.15) is 10.4 Å². The topological polar surface area (TPSA) is 114 Å². The minimum absolute atomic E-state index is 0.0289. The van der Waals surface area contributed by atoms with Crippen LogP contribution in [0.5, 0.6) is 0 Å². The number of nitrogens with zero attached hydrogens (tertiary/aromatic N) is 3. The van der Waals surface area contributed by atoms with Crippen molar-refractivity contribution in [3.63, 3.8) is 0 Å². The molecule has 2 heterocycles. The van der Waals surface area contributed by atoms with E-state index in [1.165, 1.54) is 12.3 Å². The number of carboxylic acid groups (broad SMARTS) is 1. The van der Waals surface area contributed by atoms with Gasteiger partial charge in [-0.3, -0.25) is 0 Å². The number of nitrogen functional groups attached to an aromatic ring is 1. The van der Waals surface area contributed by atoms with Crippen molar-refractivity contribution in [3.05, 3.63) is 35.0 Å². The van der Waals surface area contributed by atoms with Crippen LogP contribution in [-0.4, -0.2) is 24.8 Å². The molecule has 0 saturated carbocycles. The number of aromatic nitrogens is 3. The lowest BCUT2D eigenvalue weighted by molar-refractivity contribution is 0.0698. The number of nitrogens with two attached hydrogens (primary N) is 1. The van der Waals surface area contributed by atoms with Crippen molar-refractivity contribution in [1.29, 1.82) is 0 Å². The zero-order valence-corrected chi connectivity index (χ0v) is 11.9. The van der Waals surface area contributed by atoms with E-state index in [1.807, 2.05) is 0 Å². The SMILES string of the molecule is Nc1c(C(=O)O)ccnc1Nc1c(Cl)ccc2nsnc12. The third kappa shape index (κ3) is 2.34. The minimum atomic E-state index is -1.13. The Balaban J connectivity index is 2.11. The fourth-order valence-electron chi connectivity index (χ4n) is 1.82. The number of rotatable bonds is 3. The number of carboxylic acids is 1. The van der Waals surface area contributed by atoms with E-state index in [0.29, 0.717) is 21.7 Å². The van der Waals surface area contributed by atoms with Gasteiger partial charge in [0.15, 0.2) is 5.82 Å². The predicted molar refractivity (Wildman–Crippen MR) is 81.3 cm³/mol. The fraction of sp³-hybridized carbons (Fsp3) is 0. The molecule has 0 unspecified atom stereocenters. The summed E-state index contributed by atoms with van der Waals surface area (Å²) in [6.07, 6.45) is 1.36. The molecule has 21 heavy (non-hydrogen) atoms. The maximum atomic E-state index is 11.1. The lowest BCUT2D eigenvalue weighted by Gasteiger charge is -2.11. The zero-order chi connectivity index (χ0) is 15.0. The highest BCUT2D eigenvalue weighted by Gasteiger charge is 2.16. The molecule has 0 aliphatic rings. The van der Waals surface area contributed by atoms with E-state index in [-0.39, 0.29) is 17.1 Å². The van der Waals surface area contributed by atoms with Crippen LogP contribution in [0.3, 0.4) is 0 Å². The number of benzene rings is 1. The first-order valence-corrected chi connectivity index (χ1v) is 6.84. The Kier molecular flexibility index (Phi) is 3.32. The van der Waals surface area contributed by atoms with Gasteiger partial charge in [0, 0.05) is 6.20 Å². The third-order valence-electron chi connectivity index (χ3n) is 2.84. The van der Waals surface area contributed by atoms with Gasteiger partial charge >= 0.3 is 5.97 Å². The second kappa shape index (κ2) is 5.15. The van der Waals surface area contributed by atoms with Crippen molar-refractivity contribution in [2.75, 3.05) is 11.1 Å². The monoisotopic (exact) mass is 321 g/mol. The maximum Gasteiger partial charge on any atom is 0.337 e. The fourth-order valence-corrected chi connectivity index (χ4v) is 2.57. The van der Waals surface area contributed by atoms with E-state index in [0.717, 1.165) is 11.7 Å². The Morgan fingerprint density at radius 3 is 2.90 bits per heavy atom. The van der Waals surface area contributed by atoms with Crippen LogP contribution in [0.15, 0.2) is 24.4 Å². The lowest BCUT2D eigenvalue weighted by Crippen LogP contribution is -2.07. The molecule has 0 aliphatic carbocycles. The molecule has 9 heteroatoms. The molecule has 106 valence electrons. The Morgan fingerprint density at radius 1 is 1.33 bits per heavy atom. The molecule has 0 radical (unpaired) electrons. The molecule has 4 N–H and O–H groups in total. The van der Waals surface area contributed by atoms with E-state index in [9.17, 15) is 4.79 Å². The summed E-state index contributed by atoms with van der Waals surface area (Å²) in [5, 5.41) is 12.4. The van der Waals surface area contributed by atoms with Crippen LogP contribution < -0.4 is 11.1 Å². The number of halogens is 1. The number of carbonyl (C=O) groups is 1. The Morgan fingerprint density at radius 2 is 2.14 bits per heavy atom. The Hall–Kier alpha value is -2.45. The first-order chi connectivity index (χ1) is 10.1. The van der Waals surface area contributed by atoms with Crippen LogP contribution in [0.2, 0.25) is 5.02 Å². The molecule has 0 atom stereocenters. The van der Waals surface area contributed by atoms with Gasteiger partial charge in [-0.15, -0.1) is 0 Å². The van der Waals surface area contributed by atoms with Gasteiger partial charge in [-0.2, -0.15) is 8.75 Å². The molecule has 3 aromatic rings. The van der Waals surface area contributed by atoms with E-state index < -0.39 is 5.97 Å². The highest BCUT2D eigenvalue weighted by Crippen LogP contribution is 2.33. The van der Waals surface area contributed by atoms with Crippen molar-refractivity contribution < 1.29 is 9.90 Å². The van der Waals surface area contributed by atoms with Crippen LogP contribution in [0.25, 0.3) is 11.0 Å². The predicted octanol–water partition coefficient (Wildman–Crippen LogP) is 2.76. The first-order valence-electron chi connectivity index (χ1n) is 5.73. The van der Waals surface area contributed by atoms with Gasteiger partial charge in [-0.1, -0.05) is 11.6 Å². The number of hydrogen-bond acceptors (Lipinski definition) is 7. The van der Waals surface area contributed by atoms with E-state index in [4.69, 9.17) is 22.4 Å². The highest BCUT2D eigenvalue weighted by atomic mass is 35.5. The zero-order valence-electron chi connectivity index (χ0n) is 10.4. The summed E-state index contributed by atoms with van der Waals surface area (Å²) in [6, 6.07) is 4.75. The van der Waals surface area contributed by atoms with Crippen LogP contribution in [0, 0.1) is 0 Å². The minimum Gasteiger partial charge on any atom is -0.478 e. The normalized spacial score (nSPS) is 10.7. The van der Waals surface area contributed by atoms with Crippen molar-refractivity contribution in [2.24, 2.45) is 0 Å². The molecule has 0 spiro atoms. The number of nitrogens with one attached hydrogen (secondary N) is 1. The van der Waals surface area contributed by atoms with Crippen LogP contribution in [0.4, 0.5) is 17.2 Å². The van der Waals surface area contributed by atoms with Crippen molar-refractivity contribution in [2.45, 2.75) is 0 Å². The van der Waals surface area contributed by atoms with Crippen LogP contribution >= 0.6 is 23.3 Å². The average molecular weight is 322 g/mol. The molecular formula is C12H8ClN5O2S. The van der Waals surface area contributed by atoms with Gasteiger partial charge in [0.2, 0.25) is 0 Å². The molecule has 0 fully saturated rings. The number of fused-ring (bicyclic) bond motifs is 1. The second-order valence-corrected chi connectivity index (χ2v) is 5.04. The molecule has 1 aromatic carbocycles. The summed E-state index contributed by atoms with van der Waals surface area (Å²) >= 11 is 7.21. The Bertz CT molecular complexity index is 851. The molecule has 7 nitrogen and oxygen atoms in total. The van der Waals surface area contributed by atoms with E-state index in [2.05, 4.69) is 19.0 Å². The molecule has 2 aromatic heterocycles. The quantitative estimate of drug-likeness (QED) is 0.679. The van der Waals surface area contributed by atoms with Crippen molar-refractivity contribution in [1.82, 2.24) is 13.7 Å². The van der Waals surface area contributed by atoms with Gasteiger partial charge in [0.1, 0.15) is 11.0 Å². The lowest BCUT2D eigenvalue weighted by atomic mass is 10.2. The molecular weight excluding hydrogens is 314 g/mol. The Labute approximate surface area is 127 Å². The number of anilines is 3. The number of aromatic carboxylic acids is 1. The van der Waals surface area contributed by atoms with Gasteiger partial charge < -0.3 is 16.2 Å². The summed E-state index contributed by atoms with van der Waals surface area (Å²) in [5.41, 5.74) is 7.56.